The average molecular weight is 353 g/mol. The Kier molecular flexibility index (Phi) is 4.86. The molecular formula is C20H23N3O3. The molecule has 1 aromatic heterocycles. The Morgan fingerprint density at radius 2 is 1.92 bits per heavy atom. The summed E-state index contributed by atoms with van der Waals surface area (Å²) < 4.78 is 11.2. The van der Waals surface area contributed by atoms with Gasteiger partial charge in [-0.3, -0.25) is 9.69 Å². The molecule has 2 aliphatic heterocycles. The Bertz CT molecular complexity index is 794. The second kappa shape index (κ2) is 7.43. The van der Waals surface area contributed by atoms with Gasteiger partial charge in [0.25, 0.3) is 5.91 Å². The molecule has 0 spiro atoms. The maximum atomic E-state index is 13.0. The van der Waals surface area contributed by atoms with Gasteiger partial charge in [-0.25, -0.2) is 5.01 Å². The fourth-order valence-electron chi connectivity index (χ4n) is 3.42. The highest BCUT2D eigenvalue weighted by Crippen LogP contribution is 2.33. The molecule has 1 aromatic carbocycles. The maximum absolute atomic E-state index is 13.0. The molecule has 0 unspecified atom stereocenters. The standard InChI is InChI=1S/C20H23N3O3/c1-15-7-8-19(26-15)18-13-17(16-5-3-2-4-6-16)21-23(18)20(24)14-22-9-11-25-12-10-22/h2-8,18H,9-14H2,1H3/t18-/m1/s1. The number of carbonyl (C=O) groups is 1. The number of hydrogen-bond acceptors (Lipinski definition) is 5. The van der Waals surface area contributed by atoms with Crippen molar-refractivity contribution in [2.75, 3.05) is 32.8 Å². The summed E-state index contributed by atoms with van der Waals surface area (Å²) >= 11 is 0. The first-order chi connectivity index (χ1) is 12.7. The molecule has 1 fully saturated rings. The predicted molar refractivity (Wildman–Crippen MR) is 97.9 cm³/mol. The van der Waals surface area contributed by atoms with Gasteiger partial charge in [-0.15, -0.1) is 0 Å². The van der Waals surface area contributed by atoms with Gasteiger partial charge in [-0.2, -0.15) is 5.10 Å². The van der Waals surface area contributed by atoms with Crippen LogP contribution in [0, 0.1) is 6.92 Å². The molecule has 136 valence electrons. The lowest BCUT2D eigenvalue weighted by Gasteiger charge is -2.28. The number of morpholine rings is 1. The lowest BCUT2D eigenvalue weighted by Crippen LogP contribution is -2.43. The van der Waals surface area contributed by atoms with E-state index in [9.17, 15) is 4.79 Å². The molecule has 0 bridgehead atoms. The van der Waals surface area contributed by atoms with Crippen molar-refractivity contribution in [3.8, 4) is 0 Å². The summed E-state index contributed by atoms with van der Waals surface area (Å²) in [5.41, 5.74) is 1.96. The molecule has 0 saturated carbocycles. The molecule has 0 N–H and O–H groups in total. The highest BCUT2D eigenvalue weighted by atomic mass is 16.5. The van der Waals surface area contributed by atoms with Crippen LogP contribution in [-0.4, -0.2) is 54.4 Å². The largest absolute Gasteiger partial charge is 0.464 e. The molecule has 4 rings (SSSR count). The van der Waals surface area contributed by atoms with E-state index in [1.54, 1.807) is 5.01 Å². The van der Waals surface area contributed by atoms with Crippen LogP contribution in [0.15, 0.2) is 52.0 Å². The van der Waals surface area contributed by atoms with E-state index < -0.39 is 0 Å². The monoisotopic (exact) mass is 353 g/mol. The third-order valence-corrected chi connectivity index (χ3v) is 4.83. The number of aryl methyl sites for hydroxylation is 1. The number of furan rings is 1. The van der Waals surface area contributed by atoms with Gasteiger partial charge < -0.3 is 9.15 Å². The van der Waals surface area contributed by atoms with Gasteiger partial charge in [0.15, 0.2) is 0 Å². The first kappa shape index (κ1) is 17.0. The van der Waals surface area contributed by atoms with E-state index in [1.807, 2.05) is 49.4 Å². The minimum atomic E-state index is -0.188. The van der Waals surface area contributed by atoms with Crippen molar-refractivity contribution in [2.24, 2.45) is 5.10 Å². The lowest BCUT2D eigenvalue weighted by molar-refractivity contribution is -0.135. The first-order valence-corrected chi connectivity index (χ1v) is 9.02. The minimum absolute atomic E-state index is 0.00289. The predicted octanol–water partition coefficient (Wildman–Crippen LogP) is 2.60. The third-order valence-electron chi connectivity index (χ3n) is 4.83. The summed E-state index contributed by atoms with van der Waals surface area (Å²) in [4.78, 5) is 15.1. The second-order valence-electron chi connectivity index (χ2n) is 6.71. The number of hydrogen-bond donors (Lipinski definition) is 0. The third kappa shape index (κ3) is 3.57. The number of benzene rings is 1. The fraction of sp³-hybridized carbons (Fsp3) is 0.400. The van der Waals surface area contributed by atoms with Crippen molar-refractivity contribution in [1.82, 2.24) is 9.91 Å². The number of carbonyl (C=O) groups excluding carboxylic acids is 1. The highest BCUT2D eigenvalue weighted by Gasteiger charge is 2.35. The van der Waals surface area contributed by atoms with E-state index >= 15 is 0 Å². The van der Waals surface area contributed by atoms with Crippen LogP contribution >= 0.6 is 0 Å². The molecule has 6 heteroatoms. The summed E-state index contributed by atoms with van der Waals surface area (Å²) in [7, 11) is 0. The number of nitrogens with zero attached hydrogens (tertiary/aromatic N) is 3. The Morgan fingerprint density at radius 1 is 1.15 bits per heavy atom. The van der Waals surface area contributed by atoms with Crippen LogP contribution < -0.4 is 0 Å². The highest BCUT2D eigenvalue weighted by molar-refractivity contribution is 6.03. The van der Waals surface area contributed by atoms with Crippen LogP contribution in [0.25, 0.3) is 0 Å². The van der Waals surface area contributed by atoms with Crippen molar-refractivity contribution in [3.05, 3.63) is 59.5 Å². The van der Waals surface area contributed by atoms with Crippen molar-refractivity contribution < 1.29 is 13.9 Å². The van der Waals surface area contributed by atoms with Crippen LogP contribution in [-0.2, 0) is 9.53 Å². The normalized spacial score (nSPS) is 21.0. The van der Waals surface area contributed by atoms with Crippen LogP contribution in [0.5, 0.6) is 0 Å². The number of rotatable bonds is 4. The molecule has 1 amide bonds. The van der Waals surface area contributed by atoms with Gasteiger partial charge in [0.2, 0.25) is 0 Å². The molecule has 3 heterocycles. The molecular weight excluding hydrogens is 330 g/mol. The smallest absolute Gasteiger partial charge is 0.257 e. The Morgan fingerprint density at radius 3 is 2.62 bits per heavy atom. The van der Waals surface area contributed by atoms with E-state index in [4.69, 9.17) is 9.15 Å². The van der Waals surface area contributed by atoms with Crippen LogP contribution in [0.3, 0.4) is 0 Å². The Balaban J connectivity index is 1.58. The Labute approximate surface area is 153 Å². The van der Waals surface area contributed by atoms with Crippen LogP contribution in [0.1, 0.15) is 29.5 Å². The SMILES string of the molecule is Cc1ccc([C@H]2CC(c3ccccc3)=NN2C(=O)CN2CCOCC2)o1. The van der Waals surface area contributed by atoms with Gasteiger partial charge in [-0.1, -0.05) is 30.3 Å². The first-order valence-electron chi connectivity index (χ1n) is 9.02. The van der Waals surface area contributed by atoms with E-state index in [-0.39, 0.29) is 11.9 Å². The summed E-state index contributed by atoms with van der Waals surface area (Å²) in [6.45, 7) is 5.17. The molecule has 6 nitrogen and oxygen atoms in total. The second-order valence-corrected chi connectivity index (χ2v) is 6.71. The summed E-state index contributed by atoms with van der Waals surface area (Å²) in [6.07, 6.45) is 0.659. The van der Waals surface area contributed by atoms with Crippen molar-refractivity contribution in [1.29, 1.82) is 0 Å². The minimum Gasteiger partial charge on any atom is -0.464 e. The van der Waals surface area contributed by atoms with Crippen molar-refractivity contribution >= 4 is 11.6 Å². The van der Waals surface area contributed by atoms with E-state index in [1.165, 1.54) is 0 Å². The number of amides is 1. The van der Waals surface area contributed by atoms with Crippen molar-refractivity contribution in [3.63, 3.8) is 0 Å². The van der Waals surface area contributed by atoms with Gasteiger partial charge in [-0.05, 0) is 24.6 Å². The number of ether oxygens (including phenoxy) is 1. The molecule has 2 aliphatic rings. The van der Waals surface area contributed by atoms with Crippen molar-refractivity contribution in [2.45, 2.75) is 19.4 Å². The molecule has 1 saturated heterocycles. The molecule has 1 atom stereocenters. The molecule has 2 aromatic rings. The van der Waals surface area contributed by atoms with Gasteiger partial charge in [0.1, 0.15) is 17.6 Å². The van der Waals surface area contributed by atoms with Gasteiger partial charge in [0, 0.05) is 19.5 Å². The van der Waals surface area contributed by atoms with Crippen LogP contribution in [0.2, 0.25) is 0 Å². The number of hydrazone groups is 1. The molecule has 0 aliphatic carbocycles. The summed E-state index contributed by atoms with van der Waals surface area (Å²) in [5, 5.41) is 6.28. The maximum Gasteiger partial charge on any atom is 0.257 e. The summed E-state index contributed by atoms with van der Waals surface area (Å²) in [5.74, 6) is 1.62. The molecule has 0 radical (unpaired) electrons. The van der Waals surface area contributed by atoms with E-state index in [2.05, 4.69) is 10.0 Å². The average Bonchev–Trinajstić information content (AvgIpc) is 3.30. The Hall–Kier alpha value is -2.44. The lowest BCUT2D eigenvalue weighted by atomic mass is 10.0. The summed E-state index contributed by atoms with van der Waals surface area (Å²) in [6, 6.07) is 13.7. The zero-order valence-corrected chi connectivity index (χ0v) is 14.9. The van der Waals surface area contributed by atoms with E-state index in [0.717, 1.165) is 35.9 Å². The topological polar surface area (TPSA) is 58.3 Å². The van der Waals surface area contributed by atoms with E-state index in [0.29, 0.717) is 26.2 Å². The quantitative estimate of drug-likeness (QED) is 0.848. The van der Waals surface area contributed by atoms with Gasteiger partial charge >= 0.3 is 0 Å². The van der Waals surface area contributed by atoms with Gasteiger partial charge in [0.05, 0.1) is 25.5 Å². The zero-order valence-electron chi connectivity index (χ0n) is 14.9. The van der Waals surface area contributed by atoms with Crippen LogP contribution in [0.4, 0.5) is 0 Å². The fourth-order valence-corrected chi connectivity index (χ4v) is 3.42. The zero-order chi connectivity index (χ0) is 17.9. The molecule has 26 heavy (non-hydrogen) atoms.